The van der Waals surface area contributed by atoms with Crippen molar-refractivity contribution in [2.45, 2.75) is 19.8 Å². The molecular formula is C15H18N2O3. The first-order chi connectivity index (χ1) is 9.56. The predicted molar refractivity (Wildman–Crippen MR) is 77.7 cm³/mol. The summed E-state index contributed by atoms with van der Waals surface area (Å²) in [7, 11) is 0. The summed E-state index contributed by atoms with van der Waals surface area (Å²) in [6, 6.07) is 5.35. The molecule has 1 fully saturated rings. The smallest absolute Gasteiger partial charge is 0.328 e. The lowest BCUT2D eigenvalue weighted by Crippen LogP contribution is -2.32. The quantitative estimate of drug-likeness (QED) is 0.833. The summed E-state index contributed by atoms with van der Waals surface area (Å²) in [6.07, 6.45) is 4.77. The first-order valence-electron chi connectivity index (χ1n) is 6.64. The van der Waals surface area contributed by atoms with Gasteiger partial charge in [0, 0.05) is 24.9 Å². The molecule has 1 aromatic carbocycles. The number of nitrogens with one attached hydrogen (secondary N) is 1. The zero-order valence-electron chi connectivity index (χ0n) is 11.4. The maximum atomic E-state index is 11.9. The summed E-state index contributed by atoms with van der Waals surface area (Å²) < 4.78 is 0. The number of nitrogens with zero attached hydrogens (tertiary/aromatic N) is 1. The first-order valence-corrected chi connectivity index (χ1v) is 6.64. The lowest BCUT2D eigenvalue weighted by molar-refractivity contribution is -0.131. The van der Waals surface area contributed by atoms with E-state index in [9.17, 15) is 9.59 Å². The van der Waals surface area contributed by atoms with Crippen molar-refractivity contribution in [2.75, 3.05) is 18.4 Å². The van der Waals surface area contributed by atoms with Crippen LogP contribution in [0.2, 0.25) is 0 Å². The molecule has 1 saturated heterocycles. The maximum absolute atomic E-state index is 11.9. The van der Waals surface area contributed by atoms with Crippen LogP contribution in [-0.4, -0.2) is 35.1 Å². The van der Waals surface area contributed by atoms with Crippen molar-refractivity contribution in [3.8, 4) is 0 Å². The molecule has 1 aromatic rings. The van der Waals surface area contributed by atoms with Crippen LogP contribution in [0.1, 0.15) is 24.0 Å². The molecule has 1 aliphatic rings. The van der Waals surface area contributed by atoms with Gasteiger partial charge in [-0.3, -0.25) is 0 Å². The average Bonchev–Trinajstić information content (AvgIpc) is 2.91. The van der Waals surface area contributed by atoms with Gasteiger partial charge in [-0.1, -0.05) is 6.07 Å². The number of likely N-dealkylation sites (tertiary alicyclic amines) is 1. The minimum atomic E-state index is -0.976. The Balaban J connectivity index is 2.04. The number of carbonyl (C=O) groups is 2. The molecule has 0 atom stereocenters. The zero-order chi connectivity index (χ0) is 14.5. The molecule has 0 spiro atoms. The molecule has 106 valence electrons. The maximum Gasteiger partial charge on any atom is 0.328 e. The van der Waals surface area contributed by atoms with E-state index in [0.29, 0.717) is 0 Å². The van der Waals surface area contributed by atoms with Crippen LogP contribution in [0.4, 0.5) is 10.5 Å². The van der Waals surface area contributed by atoms with Crippen LogP contribution in [0, 0.1) is 6.92 Å². The van der Waals surface area contributed by atoms with Crippen molar-refractivity contribution in [3.63, 3.8) is 0 Å². The van der Waals surface area contributed by atoms with Crippen LogP contribution in [-0.2, 0) is 4.79 Å². The van der Waals surface area contributed by atoms with E-state index in [1.807, 2.05) is 13.0 Å². The van der Waals surface area contributed by atoms with Crippen LogP contribution >= 0.6 is 0 Å². The Morgan fingerprint density at radius 1 is 1.30 bits per heavy atom. The second-order valence-electron chi connectivity index (χ2n) is 4.87. The van der Waals surface area contributed by atoms with Gasteiger partial charge in [0.25, 0.3) is 0 Å². The second kappa shape index (κ2) is 6.23. The molecule has 1 heterocycles. The number of aryl methyl sites for hydroxylation is 1. The highest BCUT2D eigenvalue weighted by Gasteiger charge is 2.17. The summed E-state index contributed by atoms with van der Waals surface area (Å²) >= 11 is 0. The lowest BCUT2D eigenvalue weighted by Gasteiger charge is -2.16. The number of amides is 2. The Morgan fingerprint density at radius 3 is 2.60 bits per heavy atom. The number of urea groups is 1. The normalized spacial score (nSPS) is 14.8. The van der Waals surface area contributed by atoms with E-state index in [-0.39, 0.29) is 6.03 Å². The highest BCUT2D eigenvalue weighted by Crippen LogP contribution is 2.18. The molecule has 2 N–H and O–H groups in total. The molecule has 0 saturated carbocycles. The molecule has 0 aliphatic carbocycles. The highest BCUT2D eigenvalue weighted by atomic mass is 16.4. The molecule has 2 amide bonds. The standard InChI is InChI=1S/C15H18N2O3/c1-11-10-13(6-4-12(11)5-7-14(18)19)16-15(20)17-8-2-3-9-17/h4-7,10H,2-3,8-9H2,1H3,(H,16,20)(H,18,19). The van der Waals surface area contributed by atoms with Crippen LogP contribution in [0.25, 0.3) is 6.08 Å². The summed E-state index contributed by atoms with van der Waals surface area (Å²) in [5, 5.41) is 11.5. The van der Waals surface area contributed by atoms with Crippen molar-refractivity contribution >= 4 is 23.8 Å². The lowest BCUT2D eigenvalue weighted by atomic mass is 10.1. The molecule has 2 rings (SSSR count). The molecule has 5 heteroatoms. The van der Waals surface area contributed by atoms with E-state index < -0.39 is 5.97 Å². The van der Waals surface area contributed by atoms with Gasteiger partial charge in [0.05, 0.1) is 0 Å². The zero-order valence-corrected chi connectivity index (χ0v) is 11.4. The number of rotatable bonds is 3. The van der Waals surface area contributed by atoms with Gasteiger partial charge in [-0.25, -0.2) is 9.59 Å². The van der Waals surface area contributed by atoms with Crippen LogP contribution in [0.5, 0.6) is 0 Å². The number of aliphatic carboxylic acids is 1. The van der Waals surface area contributed by atoms with Gasteiger partial charge in [0.1, 0.15) is 0 Å². The van der Waals surface area contributed by atoms with Crippen molar-refractivity contribution in [1.82, 2.24) is 4.90 Å². The average molecular weight is 274 g/mol. The van der Waals surface area contributed by atoms with E-state index in [2.05, 4.69) is 5.32 Å². The summed E-state index contributed by atoms with van der Waals surface area (Å²) in [6.45, 7) is 3.50. The number of carboxylic acids is 1. The fourth-order valence-corrected chi connectivity index (χ4v) is 2.22. The molecule has 20 heavy (non-hydrogen) atoms. The summed E-state index contributed by atoms with van der Waals surface area (Å²) in [4.78, 5) is 24.2. The van der Waals surface area contributed by atoms with E-state index in [1.54, 1.807) is 23.1 Å². The SMILES string of the molecule is Cc1cc(NC(=O)N2CCCC2)ccc1C=CC(=O)O. The molecule has 1 aliphatic heterocycles. The molecule has 0 bridgehead atoms. The Morgan fingerprint density at radius 2 is 2.00 bits per heavy atom. The minimum Gasteiger partial charge on any atom is -0.478 e. The molecule has 0 unspecified atom stereocenters. The number of benzene rings is 1. The molecule has 0 aromatic heterocycles. The van der Waals surface area contributed by atoms with E-state index >= 15 is 0 Å². The second-order valence-corrected chi connectivity index (χ2v) is 4.87. The van der Waals surface area contributed by atoms with Crippen LogP contribution < -0.4 is 5.32 Å². The van der Waals surface area contributed by atoms with Gasteiger partial charge in [-0.15, -0.1) is 0 Å². The Labute approximate surface area is 117 Å². The topological polar surface area (TPSA) is 69.6 Å². The number of carboxylic acid groups (broad SMARTS) is 1. The van der Waals surface area contributed by atoms with Crippen molar-refractivity contribution < 1.29 is 14.7 Å². The van der Waals surface area contributed by atoms with Gasteiger partial charge in [0.15, 0.2) is 0 Å². The van der Waals surface area contributed by atoms with Gasteiger partial charge < -0.3 is 15.3 Å². The summed E-state index contributed by atoms with van der Waals surface area (Å²) in [5.74, 6) is -0.976. The van der Waals surface area contributed by atoms with Crippen LogP contribution in [0.3, 0.4) is 0 Å². The summed E-state index contributed by atoms with van der Waals surface area (Å²) in [5.41, 5.74) is 2.47. The molecule has 5 nitrogen and oxygen atoms in total. The number of anilines is 1. The first kappa shape index (κ1) is 14.1. The van der Waals surface area contributed by atoms with Gasteiger partial charge in [-0.2, -0.15) is 0 Å². The molecule has 0 radical (unpaired) electrons. The largest absolute Gasteiger partial charge is 0.478 e. The van der Waals surface area contributed by atoms with E-state index in [0.717, 1.165) is 48.8 Å². The van der Waals surface area contributed by atoms with E-state index in [4.69, 9.17) is 5.11 Å². The van der Waals surface area contributed by atoms with Crippen molar-refractivity contribution in [2.24, 2.45) is 0 Å². The Bertz CT molecular complexity index is 546. The number of hydrogen-bond acceptors (Lipinski definition) is 2. The monoisotopic (exact) mass is 274 g/mol. The third-order valence-corrected chi connectivity index (χ3v) is 3.32. The fraction of sp³-hybridized carbons (Fsp3) is 0.333. The fourth-order valence-electron chi connectivity index (χ4n) is 2.22. The van der Waals surface area contributed by atoms with Crippen LogP contribution in [0.15, 0.2) is 24.3 Å². The minimum absolute atomic E-state index is 0.0734. The third kappa shape index (κ3) is 3.60. The van der Waals surface area contributed by atoms with Gasteiger partial charge >= 0.3 is 12.0 Å². The highest BCUT2D eigenvalue weighted by molar-refractivity contribution is 5.90. The third-order valence-electron chi connectivity index (χ3n) is 3.32. The Kier molecular flexibility index (Phi) is 4.40. The van der Waals surface area contributed by atoms with Crippen molar-refractivity contribution in [3.05, 3.63) is 35.4 Å². The predicted octanol–water partition coefficient (Wildman–Crippen LogP) is 2.72. The number of hydrogen-bond donors (Lipinski definition) is 2. The van der Waals surface area contributed by atoms with E-state index in [1.165, 1.54) is 0 Å². The van der Waals surface area contributed by atoms with Gasteiger partial charge in [0.2, 0.25) is 0 Å². The van der Waals surface area contributed by atoms with Crippen molar-refractivity contribution in [1.29, 1.82) is 0 Å². The number of carbonyl (C=O) groups excluding carboxylic acids is 1. The Hall–Kier alpha value is -2.30. The molecular weight excluding hydrogens is 256 g/mol. The van der Waals surface area contributed by atoms with Gasteiger partial charge in [-0.05, 0) is 49.1 Å².